The maximum Gasteiger partial charge on any atom is 0.159 e. The predicted octanol–water partition coefficient (Wildman–Crippen LogP) is 5.85. The number of rotatable bonds is 9. The van der Waals surface area contributed by atoms with Crippen molar-refractivity contribution < 1.29 is 8.78 Å². The number of aromatic nitrogens is 5. The molecule has 3 heterocycles. The molecule has 5 N–H and O–H groups in total. The van der Waals surface area contributed by atoms with E-state index in [1.165, 1.54) is 24.3 Å². The first-order chi connectivity index (χ1) is 19.3. The van der Waals surface area contributed by atoms with Crippen LogP contribution in [0, 0.1) is 11.6 Å². The van der Waals surface area contributed by atoms with Crippen molar-refractivity contribution in [2.45, 2.75) is 6.92 Å². The summed E-state index contributed by atoms with van der Waals surface area (Å²) in [4.78, 5) is 14.7. The third kappa shape index (κ3) is 5.34. The maximum atomic E-state index is 15.1. The molecule has 5 rings (SSSR count). The highest BCUT2D eigenvalue weighted by molar-refractivity contribution is 5.97. The minimum atomic E-state index is -0.416. The van der Waals surface area contributed by atoms with E-state index in [0.717, 1.165) is 6.54 Å². The average molecular weight is 541 g/mol. The number of allylic oxidation sites excluding steroid dienone is 4. The van der Waals surface area contributed by atoms with Gasteiger partial charge in [0.2, 0.25) is 0 Å². The summed E-state index contributed by atoms with van der Waals surface area (Å²) in [6.45, 7) is 6.95. The second kappa shape index (κ2) is 11.1. The number of pyridine rings is 1. The van der Waals surface area contributed by atoms with E-state index < -0.39 is 5.82 Å². The van der Waals surface area contributed by atoms with Crippen LogP contribution in [0.4, 0.5) is 14.5 Å². The summed E-state index contributed by atoms with van der Waals surface area (Å²) in [6.07, 6.45) is 6.60. The van der Waals surface area contributed by atoms with Crippen LogP contribution in [-0.4, -0.2) is 57.2 Å². The van der Waals surface area contributed by atoms with Gasteiger partial charge in [0.25, 0.3) is 0 Å². The van der Waals surface area contributed by atoms with Crippen LogP contribution < -0.4 is 11.1 Å². The lowest BCUT2D eigenvalue weighted by atomic mass is 10.0. The molecule has 0 saturated carbocycles. The highest BCUT2D eigenvalue weighted by Crippen LogP contribution is 2.33. The van der Waals surface area contributed by atoms with Gasteiger partial charge in [-0.25, -0.2) is 13.8 Å². The molecular weight excluding hydrogens is 510 g/mol. The van der Waals surface area contributed by atoms with Crippen molar-refractivity contribution in [3.63, 3.8) is 0 Å². The number of nitrogens with one attached hydrogen (secondary N) is 3. The van der Waals surface area contributed by atoms with E-state index >= 15 is 4.39 Å². The molecule has 0 unspecified atom stereocenters. The molecule has 0 spiro atoms. The van der Waals surface area contributed by atoms with Crippen LogP contribution in [0.1, 0.15) is 12.5 Å². The molecular formula is C30H30F2N8. The number of hydrogen-bond donors (Lipinski definition) is 4. The van der Waals surface area contributed by atoms with E-state index in [0.29, 0.717) is 73.8 Å². The van der Waals surface area contributed by atoms with Crippen LogP contribution in [0.25, 0.3) is 50.3 Å². The van der Waals surface area contributed by atoms with E-state index in [1.807, 2.05) is 32.0 Å². The number of anilines is 1. The van der Waals surface area contributed by atoms with Gasteiger partial charge in [-0.3, -0.25) is 10.1 Å². The number of halogens is 2. The van der Waals surface area contributed by atoms with Crippen LogP contribution in [0.15, 0.2) is 73.1 Å². The van der Waals surface area contributed by atoms with E-state index in [9.17, 15) is 4.39 Å². The molecule has 8 nitrogen and oxygen atoms in total. The van der Waals surface area contributed by atoms with Gasteiger partial charge in [-0.2, -0.15) is 5.10 Å². The number of benzene rings is 2. The molecule has 0 atom stereocenters. The van der Waals surface area contributed by atoms with Crippen LogP contribution in [0.5, 0.6) is 0 Å². The van der Waals surface area contributed by atoms with E-state index in [1.54, 1.807) is 30.5 Å². The highest BCUT2D eigenvalue weighted by Gasteiger charge is 2.19. The Bertz CT molecular complexity index is 1780. The smallest absolute Gasteiger partial charge is 0.159 e. The van der Waals surface area contributed by atoms with Crippen LogP contribution in [0.2, 0.25) is 0 Å². The largest absolute Gasteiger partial charge is 0.399 e. The Morgan fingerprint density at radius 3 is 2.70 bits per heavy atom. The van der Waals surface area contributed by atoms with Gasteiger partial charge in [0.05, 0.1) is 16.7 Å². The number of hydrogen-bond acceptors (Lipinski definition) is 6. The van der Waals surface area contributed by atoms with Crippen molar-refractivity contribution in [3.05, 3.63) is 90.3 Å². The molecule has 0 saturated heterocycles. The molecule has 0 bridgehead atoms. The third-order valence-corrected chi connectivity index (χ3v) is 6.51. The standard InChI is InChI=1S/C30H30F2N8/c1-5-17(12-20(33)6-2)22-15-23-26(16-24(22)32)38-39-28(23)30-36-25-7-8-35-27(29(25)37-30)18-11-19(31)14-21(13-18)34-9-10-40(3)4/h5-8,11-16,34H,2,9-10,33H2,1,3-4H3,(H,36,37)(H,38,39)/b17-5+,20-12+. The number of nitrogens with zero attached hydrogens (tertiary/aromatic N) is 4. The van der Waals surface area contributed by atoms with Gasteiger partial charge in [-0.15, -0.1) is 0 Å². The molecule has 5 aromatic rings. The van der Waals surface area contributed by atoms with Crippen molar-refractivity contribution in [3.8, 4) is 22.8 Å². The zero-order chi connectivity index (χ0) is 28.4. The Kier molecular flexibility index (Phi) is 7.43. The van der Waals surface area contributed by atoms with Crippen LogP contribution in [-0.2, 0) is 0 Å². The first kappa shape index (κ1) is 26.8. The molecule has 3 aromatic heterocycles. The number of fused-ring (bicyclic) bond motifs is 2. The van der Waals surface area contributed by atoms with Crippen molar-refractivity contribution in [2.75, 3.05) is 32.5 Å². The summed E-state index contributed by atoms with van der Waals surface area (Å²) in [7, 11) is 3.96. The number of nitrogens with two attached hydrogens (primary N) is 1. The second-order valence-electron chi connectivity index (χ2n) is 9.64. The third-order valence-electron chi connectivity index (χ3n) is 6.51. The van der Waals surface area contributed by atoms with Crippen molar-refractivity contribution >= 4 is 33.2 Å². The van der Waals surface area contributed by atoms with Crippen molar-refractivity contribution in [1.82, 2.24) is 30.0 Å². The average Bonchev–Trinajstić information content (AvgIpc) is 3.54. The lowest BCUT2D eigenvalue weighted by molar-refractivity contribution is 0.425. The van der Waals surface area contributed by atoms with E-state index in [4.69, 9.17) is 10.7 Å². The molecule has 0 aliphatic rings. The SMILES string of the molecule is C=C/C(N)=C\C(=C/C)c1cc2c(-c3nc4c(-c5cc(F)cc(NCCN(C)C)c5)nccc4[nH]3)n[nH]c2cc1F. The summed E-state index contributed by atoms with van der Waals surface area (Å²) in [5.41, 5.74) is 11.4. The van der Waals surface area contributed by atoms with Gasteiger partial charge in [-0.05, 0) is 69.1 Å². The normalized spacial score (nSPS) is 12.6. The van der Waals surface area contributed by atoms with Gasteiger partial charge in [0.1, 0.15) is 22.8 Å². The molecule has 0 amide bonds. The molecule has 0 fully saturated rings. The minimum absolute atomic E-state index is 0.370. The molecule has 204 valence electrons. The number of likely N-dealkylation sites (N-methyl/N-ethyl adjacent to an activating group) is 1. The van der Waals surface area contributed by atoms with Gasteiger partial charge in [0.15, 0.2) is 5.82 Å². The van der Waals surface area contributed by atoms with Gasteiger partial charge < -0.3 is 20.9 Å². The molecule has 2 aromatic carbocycles. The predicted molar refractivity (Wildman–Crippen MR) is 157 cm³/mol. The van der Waals surface area contributed by atoms with Crippen LogP contribution >= 0.6 is 0 Å². The topological polar surface area (TPSA) is 112 Å². The fourth-order valence-electron chi connectivity index (χ4n) is 4.51. The Labute approximate surface area is 230 Å². The van der Waals surface area contributed by atoms with Gasteiger partial charge in [0, 0.05) is 53.3 Å². The summed E-state index contributed by atoms with van der Waals surface area (Å²) < 4.78 is 29.7. The van der Waals surface area contributed by atoms with E-state index in [-0.39, 0.29) is 5.82 Å². The van der Waals surface area contributed by atoms with Gasteiger partial charge >= 0.3 is 0 Å². The molecule has 40 heavy (non-hydrogen) atoms. The summed E-state index contributed by atoms with van der Waals surface area (Å²) in [5, 5.41) is 11.3. The highest BCUT2D eigenvalue weighted by atomic mass is 19.1. The first-order valence-corrected chi connectivity index (χ1v) is 12.8. The monoisotopic (exact) mass is 540 g/mol. The van der Waals surface area contributed by atoms with Gasteiger partial charge in [-0.1, -0.05) is 12.7 Å². The lowest BCUT2D eigenvalue weighted by Crippen LogP contribution is -2.20. The molecule has 0 aliphatic heterocycles. The van der Waals surface area contributed by atoms with Crippen molar-refractivity contribution in [1.29, 1.82) is 0 Å². The quantitative estimate of drug-likeness (QED) is 0.175. The lowest BCUT2D eigenvalue weighted by Gasteiger charge is -2.12. The number of H-pyrrole nitrogens is 2. The first-order valence-electron chi connectivity index (χ1n) is 12.8. The molecule has 10 heteroatoms. The van der Waals surface area contributed by atoms with Crippen molar-refractivity contribution in [2.24, 2.45) is 5.73 Å². The summed E-state index contributed by atoms with van der Waals surface area (Å²) in [5.74, 6) is -0.323. The second-order valence-corrected chi connectivity index (χ2v) is 9.64. The minimum Gasteiger partial charge on any atom is -0.399 e. The van der Waals surface area contributed by atoms with E-state index in [2.05, 4.69) is 32.1 Å². The maximum absolute atomic E-state index is 15.1. The fourth-order valence-corrected chi connectivity index (χ4v) is 4.51. The Morgan fingerprint density at radius 2 is 1.95 bits per heavy atom. The summed E-state index contributed by atoms with van der Waals surface area (Å²) >= 11 is 0. The fraction of sp³-hybridized carbons (Fsp3) is 0.167. The van der Waals surface area contributed by atoms with Crippen LogP contribution in [0.3, 0.4) is 0 Å². The Balaban J connectivity index is 1.58. The number of aromatic amines is 2. The Morgan fingerprint density at radius 1 is 1.12 bits per heavy atom. The summed E-state index contributed by atoms with van der Waals surface area (Å²) in [6, 6.07) is 9.67. The Hall–Kier alpha value is -4.83. The molecule has 0 aliphatic carbocycles. The zero-order valence-corrected chi connectivity index (χ0v) is 22.5. The zero-order valence-electron chi connectivity index (χ0n) is 22.5. The molecule has 0 radical (unpaired) electrons. The number of imidazole rings is 1.